The lowest BCUT2D eigenvalue weighted by atomic mass is 9.97. The van der Waals surface area contributed by atoms with Crippen LogP contribution in [-0.4, -0.2) is 39.3 Å². The van der Waals surface area contributed by atoms with Crippen LogP contribution in [0.25, 0.3) is 22.4 Å². The molecule has 3 aromatic rings. The van der Waals surface area contributed by atoms with Crippen molar-refractivity contribution in [3.8, 4) is 22.4 Å². The van der Waals surface area contributed by atoms with Gasteiger partial charge in [0, 0.05) is 48.4 Å². The first-order valence-corrected chi connectivity index (χ1v) is 8.88. The van der Waals surface area contributed by atoms with Crippen LogP contribution in [0.1, 0.15) is 19.1 Å². The van der Waals surface area contributed by atoms with E-state index in [0.717, 1.165) is 47.7 Å². The number of pyridine rings is 1. The molecule has 26 heavy (non-hydrogen) atoms. The van der Waals surface area contributed by atoms with E-state index in [0.29, 0.717) is 5.95 Å². The fourth-order valence-electron chi connectivity index (χ4n) is 3.41. The third-order valence-electron chi connectivity index (χ3n) is 5.01. The summed E-state index contributed by atoms with van der Waals surface area (Å²) in [6.45, 7) is 5.49. The number of aliphatic hydroxyl groups is 1. The molecule has 0 unspecified atom stereocenters. The summed E-state index contributed by atoms with van der Waals surface area (Å²) < 4.78 is 5.50. The molecule has 0 bridgehead atoms. The quantitative estimate of drug-likeness (QED) is 0.781. The largest absolute Gasteiger partial charge is 0.469 e. The van der Waals surface area contributed by atoms with Crippen LogP contribution in [0, 0.1) is 12.8 Å². The minimum absolute atomic E-state index is 0.199. The molecule has 1 aliphatic rings. The summed E-state index contributed by atoms with van der Waals surface area (Å²) in [6.07, 6.45) is 7.58. The normalized spacial score (nSPS) is 20.3. The average Bonchev–Trinajstić information content (AvgIpc) is 3.10. The second kappa shape index (κ2) is 6.88. The van der Waals surface area contributed by atoms with Crippen molar-refractivity contribution in [2.75, 3.05) is 18.0 Å². The van der Waals surface area contributed by atoms with E-state index in [9.17, 15) is 5.11 Å². The van der Waals surface area contributed by atoms with E-state index >= 15 is 0 Å². The number of hydrogen-bond acceptors (Lipinski definition) is 6. The van der Waals surface area contributed by atoms with Gasteiger partial charge in [0.2, 0.25) is 5.95 Å². The van der Waals surface area contributed by atoms with Crippen molar-refractivity contribution in [3.63, 3.8) is 0 Å². The Labute approximate surface area is 152 Å². The van der Waals surface area contributed by atoms with E-state index in [4.69, 9.17) is 9.40 Å². The molecule has 134 valence electrons. The molecule has 0 radical (unpaired) electrons. The first-order chi connectivity index (χ1) is 12.6. The summed E-state index contributed by atoms with van der Waals surface area (Å²) in [4.78, 5) is 15.9. The monoisotopic (exact) mass is 350 g/mol. The van der Waals surface area contributed by atoms with Gasteiger partial charge in [0.25, 0.3) is 0 Å². The van der Waals surface area contributed by atoms with E-state index in [1.54, 1.807) is 12.5 Å². The molecule has 1 saturated heterocycles. The number of aliphatic hydroxyl groups excluding tert-OH is 1. The molecule has 4 rings (SSSR count). The molecule has 0 aromatic carbocycles. The highest BCUT2D eigenvalue weighted by molar-refractivity contribution is 5.81. The Bertz CT molecular complexity index is 894. The van der Waals surface area contributed by atoms with Gasteiger partial charge >= 0.3 is 0 Å². The van der Waals surface area contributed by atoms with E-state index in [1.165, 1.54) is 0 Å². The Morgan fingerprint density at radius 3 is 2.81 bits per heavy atom. The molecule has 0 saturated carbocycles. The van der Waals surface area contributed by atoms with Gasteiger partial charge in [-0.2, -0.15) is 0 Å². The van der Waals surface area contributed by atoms with Gasteiger partial charge < -0.3 is 14.4 Å². The van der Waals surface area contributed by atoms with Crippen LogP contribution in [0.3, 0.4) is 0 Å². The summed E-state index contributed by atoms with van der Waals surface area (Å²) in [6, 6.07) is 5.84. The predicted molar refractivity (Wildman–Crippen MR) is 99.7 cm³/mol. The number of anilines is 1. The second-order valence-electron chi connectivity index (χ2n) is 6.84. The van der Waals surface area contributed by atoms with Crippen LogP contribution in [0.5, 0.6) is 0 Å². The minimum Gasteiger partial charge on any atom is -0.469 e. The first-order valence-electron chi connectivity index (χ1n) is 8.88. The van der Waals surface area contributed by atoms with Gasteiger partial charge in [-0.05, 0) is 31.4 Å². The van der Waals surface area contributed by atoms with Gasteiger partial charge in [-0.3, -0.25) is 4.98 Å². The van der Waals surface area contributed by atoms with Gasteiger partial charge in [-0.15, -0.1) is 0 Å². The first kappa shape index (κ1) is 16.7. The van der Waals surface area contributed by atoms with Crippen LogP contribution < -0.4 is 4.90 Å². The second-order valence-corrected chi connectivity index (χ2v) is 6.84. The van der Waals surface area contributed by atoms with Crippen molar-refractivity contribution in [2.45, 2.75) is 26.4 Å². The smallest absolute Gasteiger partial charge is 0.225 e. The van der Waals surface area contributed by atoms with E-state index in [-0.39, 0.29) is 12.0 Å². The molecule has 0 aliphatic carbocycles. The third-order valence-corrected chi connectivity index (χ3v) is 5.01. The molecule has 1 fully saturated rings. The topological polar surface area (TPSA) is 75.3 Å². The zero-order valence-electron chi connectivity index (χ0n) is 15.0. The van der Waals surface area contributed by atoms with Crippen molar-refractivity contribution in [3.05, 3.63) is 48.8 Å². The van der Waals surface area contributed by atoms with Gasteiger partial charge in [0.1, 0.15) is 5.76 Å². The molecule has 1 aliphatic heterocycles. The summed E-state index contributed by atoms with van der Waals surface area (Å²) in [5, 5.41) is 9.99. The maximum absolute atomic E-state index is 9.99. The van der Waals surface area contributed by atoms with E-state index in [1.807, 2.05) is 37.5 Å². The number of hydrogen-bond donors (Lipinski definition) is 1. The Balaban J connectivity index is 1.79. The fraction of sp³-hybridized carbons (Fsp3) is 0.350. The SMILES string of the molecule is Cc1occc1-c1nc(N2CC[C@@H](O)[C@@H](C)C2)ncc1-c1cccnc1. The van der Waals surface area contributed by atoms with Crippen molar-refractivity contribution in [2.24, 2.45) is 5.92 Å². The molecule has 2 atom stereocenters. The van der Waals surface area contributed by atoms with Gasteiger partial charge in [-0.25, -0.2) is 9.97 Å². The minimum atomic E-state index is -0.253. The molecule has 6 nitrogen and oxygen atoms in total. The highest BCUT2D eigenvalue weighted by Crippen LogP contribution is 2.34. The van der Waals surface area contributed by atoms with E-state index in [2.05, 4.69) is 21.8 Å². The summed E-state index contributed by atoms with van der Waals surface area (Å²) in [5.74, 6) is 1.71. The van der Waals surface area contributed by atoms with Crippen LogP contribution >= 0.6 is 0 Å². The van der Waals surface area contributed by atoms with Crippen molar-refractivity contribution in [1.29, 1.82) is 0 Å². The maximum atomic E-state index is 9.99. The molecule has 3 aromatic heterocycles. The Hall–Kier alpha value is -2.73. The standard InChI is InChI=1S/C20H22N4O2/c1-13-12-24(8-5-18(13)25)20-22-11-17(15-4-3-7-21-10-15)19(23-20)16-6-9-26-14(16)2/h3-4,6-7,9-11,13,18,25H,5,8,12H2,1-2H3/t13-,18+/m0/s1. The number of aryl methyl sites for hydroxylation is 1. The highest BCUT2D eigenvalue weighted by atomic mass is 16.3. The summed E-state index contributed by atoms with van der Waals surface area (Å²) in [5.41, 5.74) is 3.69. The van der Waals surface area contributed by atoms with Crippen LogP contribution in [0.15, 0.2) is 47.5 Å². The van der Waals surface area contributed by atoms with Gasteiger partial charge in [0.15, 0.2) is 0 Å². The molecule has 6 heteroatoms. The number of furan rings is 1. The zero-order valence-corrected chi connectivity index (χ0v) is 15.0. The molecular formula is C20H22N4O2. The molecule has 1 N–H and O–H groups in total. The number of aromatic nitrogens is 3. The lowest BCUT2D eigenvalue weighted by Gasteiger charge is -2.34. The van der Waals surface area contributed by atoms with Crippen LogP contribution in [0.4, 0.5) is 5.95 Å². The lowest BCUT2D eigenvalue weighted by molar-refractivity contribution is 0.0966. The number of rotatable bonds is 3. The number of piperidine rings is 1. The third kappa shape index (κ3) is 3.08. The molecular weight excluding hydrogens is 328 g/mol. The van der Waals surface area contributed by atoms with Gasteiger partial charge in [0.05, 0.1) is 18.1 Å². The molecule has 0 amide bonds. The van der Waals surface area contributed by atoms with Crippen molar-refractivity contribution < 1.29 is 9.52 Å². The van der Waals surface area contributed by atoms with E-state index < -0.39 is 0 Å². The Kier molecular flexibility index (Phi) is 4.42. The average molecular weight is 350 g/mol. The van der Waals surface area contributed by atoms with Crippen molar-refractivity contribution in [1.82, 2.24) is 15.0 Å². The van der Waals surface area contributed by atoms with Crippen LogP contribution in [0.2, 0.25) is 0 Å². The summed E-state index contributed by atoms with van der Waals surface area (Å²) >= 11 is 0. The van der Waals surface area contributed by atoms with Crippen LogP contribution in [-0.2, 0) is 0 Å². The lowest BCUT2D eigenvalue weighted by Crippen LogP contribution is -2.42. The van der Waals surface area contributed by atoms with Gasteiger partial charge in [-0.1, -0.05) is 13.0 Å². The zero-order chi connectivity index (χ0) is 18.1. The molecule has 4 heterocycles. The number of nitrogens with zero attached hydrogens (tertiary/aromatic N) is 4. The molecule has 0 spiro atoms. The Morgan fingerprint density at radius 2 is 2.12 bits per heavy atom. The highest BCUT2D eigenvalue weighted by Gasteiger charge is 2.26. The summed E-state index contributed by atoms with van der Waals surface area (Å²) in [7, 11) is 0. The predicted octanol–water partition coefficient (Wildman–Crippen LogP) is 3.31. The Morgan fingerprint density at radius 1 is 1.23 bits per heavy atom. The van der Waals surface area contributed by atoms with Crippen molar-refractivity contribution >= 4 is 5.95 Å². The maximum Gasteiger partial charge on any atom is 0.225 e. The fourth-order valence-corrected chi connectivity index (χ4v) is 3.41.